The van der Waals surface area contributed by atoms with Crippen molar-refractivity contribution in [1.82, 2.24) is 9.97 Å². The summed E-state index contributed by atoms with van der Waals surface area (Å²) in [6.07, 6.45) is -0.523. The van der Waals surface area contributed by atoms with E-state index < -0.39 is 30.0 Å². The average molecular weight is 613 g/mol. The van der Waals surface area contributed by atoms with Crippen LogP contribution in [0.5, 0.6) is 0 Å². The Morgan fingerprint density at radius 2 is 1.67 bits per heavy atom. The molecule has 43 heavy (non-hydrogen) atoms. The number of epoxide rings is 1. The number of para-hydroxylation sites is 1. The van der Waals surface area contributed by atoms with Gasteiger partial charge >= 0.3 is 5.97 Å². The van der Waals surface area contributed by atoms with Gasteiger partial charge in [-0.15, -0.1) is 11.3 Å². The van der Waals surface area contributed by atoms with Gasteiger partial charge in [-0.05, 0) is 42.0 Å². The Morgan fingerprint density at radius 1 is 0.930 bits per heavy atom. The number of esters is 1. The molecule has 1 N–H and O–H groups in total. The zero-order chi connectivity index (χ0) is 29.9. The van der Waals surface area contributed by atoms with E-state index in [0.717, 1.165) is 32.1 Å². The number of benzene rings is 3. The summed E-state index contributed by atoms with van der Waals surface area (Å²) in [5, 5.41) is 3.52. The standard InChI is InChI=1S/C31H24N4O6S2/c1-40-30(39)24-16-32-31(43-24)34-28(37)26-27(41-26)29(38)35(17-18-7-3-2-4-8-18)20-13-11-19(12-14-20)22(36)15-25-33-21-9-5-6-10-23(21)42-25/h2-14,16,26-27H,15,17H2,1H3,(H,32,34,37)/t26-,27-/m0/s1. The molecule has 10 nitrogen and oxygen atoms in total. The summed E-state index contributed by atoms with van der Waals surface area (Å²) in [6.45, 7) is 0.238. The Labute approximate surface area is 253 Å². The second-order valence-corrected chi connectivity index (χ2v) is 11.8. The Bertz CT molecular complexity index is 1790. The molecule has 0 bridgehead atoms. The van der Waals surface area contributed by atoms with Crippen molar-refractivity contribution in [3.8, 4) is 0 Å². The molecule has 0 aliphatic carbocycles. The largest absolute Gasteiger partial charge is 0.465 e. The van der Waals surface area contributed by atoms with Gasteiger partial charge in [0.15, 0.2) is 23.1 Å². The number of nitrogens with one attached hydrogen (secondary N) is 1. The maximum absolute atomic E-state index is 13.6. The number of anilines is 2. The molecule has 0 spiro atoms. The van der Waals surface area contributed by atoms with Crippen molar-refractivity contribution >= 4 is 67.3 Å². The predicted molar refractivity (Wildman–Crippen MR) is 162 cm³/mol. The van der Waals surface area contributed by atoms with Crippen LogP contribution < -0.4 is 10.2 Å². The van der Waals surface area contributed by atoms with E-state index in [2.05, 4.69) is 20.0 Å². The van der Waals surface area contributed by atoms with Crippen molar-refractivity contribution in [3.63, 3.8) is 0 Å². The Kier molecular flexibility index (Phi) is 8.05. The fourth-order valence-electron chi connectivity index (χ4n) is 4.48. The predicted octanol–water partition coefficient (Wildman–Crippen LogP) is 4.90. The highest BCUT2D eigenvalue weighted by Gasteiger charge is 2.52. The molecule has 1 saturated heterocycles. The smallest absolute Gasteiger partial charge is 0.349 e. The van der Waals surface area contributed by atoms with Crippen LogP contribution in [0.3, 0.4) is 0 Å². The lowest BCUT2D eigenvalue weighted by atomic mass is 10.1. The number of thiazole rings is 2. The van der Waals surface area contributed by atoms with Crippen LogP contribution in [0.1, 0.15) is 30.6 Å². The number of ketones is 1. The van der Waals surface area contributed by atoms with Gasteiger partial charge in [0.25, 0.3) is 11.8 Å². The van der Waals surface area contributed by atoms with Gasteiger partial charge < -0.3 is 14.4 Å². The summed E-state index contributed by atoms with van der Waals surface area (Å²) < 4.78 is 11.2. The highest BCUT2D eigenvalue weighted by atomic mass is 32.1. The molecule has 0 unspecified atom stereocenters. The van der Waals surface area contributed by atoms with Crippen molar-refractivity contribution in [2.24, 2.45) is 0 Å². The topological polar surface area (TPSA) is 131 Å². The average Bonchev–Trinajstić information content (AvgIpc) is 3.53. The van der Waals surface area contributed by atoms with Gasteiger partial charge in [0.05, 0.1) is 36.5 Å². The number of aromatic nitrogens is 2. The van der Waals surface area contributed by atoms with Crippen molar-refractivity contribution < 1.29 is 28.7 Å². The lowest BCUT2D eigenvalue weighted by Crippen LogP contribution is -2.36. The lowest BCUT2D eigenvalue weighted by molar-refractivity contribution is -0.120. The Morgan fingerprint density at radius 3 is 2.42 bits per heavy atom. The summed E-state index contributed by atoms with van der Waals surface area (Å²) >= 11 is 2.45. The molecule has 0 radical (unpaired) electrons. The van der Waals surface area contributed by atoms with Crippen LogP contribution in [0.15, 0.2) is 85.1 Å². The van der Waals surface area contributed by atoms with Gasteiger partial charge in [0, 0.05) is 11.3 Å². The highest BCUT2D eigenvalue weighted by molar-refractivity contribution is 7.18. The third-order valence-electron chi connectivity index (χ3n) is 6.72. The number of amides is 2. The molecule has 1 aliphatic heterocycles. The van der Waals surface area contributed by atoms with Crippen LogP contribution >= 0.6 is 22.7 Å². The Hall–Kier alpha value is -4.78. The summed E-state index contributed by atoms with van der Waals surface area (Å²) in [4.78, 5) is 61.4. The van der Waals surface area contributed by atoms with Crippen molar-refractivity contribution in [2.45, 2.75) is 25.2 Å². The normalized spacial score (nSPS) is 15.6. The highest BCUT2D eigenvalue weighted by Crippen LogP contribution is 2.31. The van der Waals surface area contributed by atoms with Gasteiger partial charge in [-0.1, -0.05) is 53.8 Å². The second-order valence-electron chi connectivity index (χ2n) is 9.62. The number of carbonyl (C=O) groups excluding carboxylic acids is 4. The third kappa shape index (κ3) is 6.36. The molecule has 3 aromatic carbocycles. The fraction of sp³-hybridized carbons (Fsp3) is 0.161. The minimum absolute atomic E-state index is 0.0775. The zero-order valence-corrected chi connectivity index (χ0v) is 24.4. The van der Waals surface area contributed by atoms with E-state index in [0.29, 0.717) is 11.3 Å². The molecule has 2 amide bonds. The number of nitrogens with zero attached hydrogens (tertiary/aromatic N) is 3. The van der Waals surface area contributed by atoms with Gasteiger partial charge in [-0.3, -0.25) is 19.7 Å². The first-order valence-corrected chi connectivity index (χ1v) is 14.9. The van der Waals surface area contributed by atoms with Crippen molar-refractivity contribution in [2.75, 3.05) is 17.3 Å². The minimum atomic E-state index is -1.01. The van der Waals surface area contributed by atoms with Crippen LogP contribution in [0, 0.1) is 0 Å². The van der Waals surface area contributed by atoms with Gasteiger partial charge in [-0.25, -0.2) is 14.8 Å². The molecule has 12 heteroatoms. The number of fused-ring (bicyclic) bond motifs is 1. The molecule has 2 atom stereocenters. The number of methoxy groups -OCH3 is 1. The van der Waals surface area contributed by atoms with Crippen LogP contribution in [0.25, 0.3) is 10.2 Å². The molecular weight excluding hydrogens is 588 g/mol. The first-order chi connectivity index (χ1) is 20.9. The molecule has 3 heterocycles. The van der Waals surface area contributed by atoms with Gasteiger partial charge in [0.2, 0.25) is 0 Å². The quantitative estimate of drug-likeness (QED) is 0.134. The molecule has 0 saturated carbocycles. The van der Waals surface area contributed by atoms with E-state index in [1.54, 1.807) is 24.3 Å². The molecule has 2 aromatic heterocycles. The number of carbonyl (C=O) groups is 4. The Balaban J connectivity index is 1.15. The van der Waals surface area contributed by atoms with E-state index in [9.17, 15) is 19.2 Å². The summed E-state index contributed by atoms with van der Waals surface area (Å²) in [7, 11) is 1.26. The summed E-state index contributed by atoms with van der Waals surface area (Å²) in [5.74, 6) is -1.58. The van der Waals surface area contributed by atoms with Crippen LogP contribution in [-0.4, -0.2) is 52.9 Å². The minimum Gasteiger partial charge on any atom is -0.465 e. The molecular formula is C31H24N4O6S2. The van der Waals surface area contributed by atoms with Gasteiger partial charge in [0.1, 0.15) is 9.88 Å². The maximum atomic E-state index is 13.6. The third-order valence-corrected chi connectivity index (χ3v) is 8.65. The van der Waals surface area contributed by atoms with Crippen molar-refractivity contribution in [3.05, 3.63) is 106 Å². The number of ether oxygens (including phenoxy) is 2. The van der Waals surface area contributed by atoms with E-state index in [-0.39, 0.29) is 28.8 Å². The SMILES string of the molecule is COC(=O)c1cnc(NC(=O)[C@H]2O[C@@H]2C(=O)N(Cc2ccccc2)c2ccc(C(=O)Cc3nc4ccccc4s3)cc2)s1. The van der Waals surface area contributed by atoms with Crippen LogP contribution in [0.4, 0.5) is 10.8 Å². The summed E-state index contributed by atoms with van der Waals surface area (Å²) in [6, 6.07) is 24.0. The first kappa shape index (κ1) is 28.3. The molecule has 1 aliphatic rings. The number of Topliss-reactive ketones (excluding diaryl/α,β-unsaturated/α-hetero) is 1. The van der Waals surface area contributed by atoms with Gasteiger partial charge in [-0.2, -0.15) is 0 Å². The molecule has 216 valence electrons. The van der Waals surface area contributed by atoms with Crippen LogP contribution in [0.2, 0.25) is 0 Å². The van der Waals surface area contributed by atoms with E-state index in [4.69, 9.17) is 4.74 Å². The number of hydrogen-bond donors (Lipinski definition) is 1. The number of rotatable bonds is 10. The van der Waals surface area contributed by atoms with E-state index >= 15 is 0 Å². The fourth-order valence-corrected chi connectivity index (χ4v) is 6.18. The summed E-state index contributed by atoms with van der Waals surface area (Å²) in [5.41, 5.74) is 2.81. The molecule has 1 fully saturated rings. The van der Waals surface area contributed by atoms with Crippen LogP contribution in [-0.2, 0) is 32.0 Å². The van der Waals surface area contributed by atoms with E-state index in [1.807, 2.05) is 54.6 Å². The van der Waals surface area contributed by atoms with Crippen molar-refractivity contribution in [1.29, 1.82) is 0 Å². The molecule has 5 aromatic rings. The monoisotopic (exact) mass is 612 g/mol. The maximum Gasteiger partial charge on any atom is 0.349 e. The lowest BCUT2D eigenvalue weighted by Gasteiger charge is -2.22. The second kappa shape index (κ2) is 12.2. The first-order valence-electron chi connectivity index (χ1n) is 13.2. The number of hydrogen-bond acceptors (Lipinski definition) is 10. The zero-order valence-electron chi connectivity index (χ0n) is 22.8. The van der Waals surface area contributed by atoms with E-state index in [1.165, 1.54) is 29.5 Å². The molecule has 6 rings (SSSR count).